The summed E-state index contributed by atoms with van der Waals surface area (Å²) >= 11 is 0. The number of rotatable bonds is 7. The van der Waals surface area contributed by atoms with E-state index in [4.69, 9.17) is 4.74 Å². The molecule has 0 bridgehead atoms. The molecule has 3 aromatic rings. The first-order valence-electron chi connectivity index (χ1n) is 15.3. The zero-order valence-electron chi connectivity index (χ0n) is 25.1. The van der Waals surface area contributed by atoms with Crippen LogP contribution in [0, 0.1) is 22.7 Å². The van der Waals surface area contributed by atoms with Crippen molar-refractivity contribution >= 4 is 23.8 Å². The summed E-state index contributed by atoms with van der Waals surface area (Å²) in [5.74, 6) is -1.07. The highest BCUT2D eigenvalue weighted by Crippen LogP contribution is 2.55. The van der Waals surface area contributed by atoms with Gasteiger partial charge in [-0.2, -0.15) is 5.10 Å². The van der Waals surface area contributed by atoms with Crippen LogP contribution >= 0.6 is 0 Å². The van der Waals surface area contributed by atoms with Crippen LogP contribution in [-0.2, 0) is 27.3 Å². The molecule has 3 atom stereocenters. The minimum absolute atomic E-state index is 0.00336. The number of aromatic nitrogens is 2. The molecular formula is C34H37N5O5. The lowest BCUT2D eigenvalue weighted by Gasteiger charge is -2.51. The van der Waals surface area contributed by atoms with Gasteiger partial charge in [-0.05, 0) is 29.4 Å². The maximum absolute atomic E-state index is 14.3. The molecule has 44 heavy (non-hydrogen) atoms. The molecule has 3 saturated heterocycles. The zero-order chi connectivity index (χ0) is 30.6. The molecule has 10 nitrogen and oxygen atoms in total. The molecule has 4 amide bonds. The predicted octanol–water partition coefficient (Wildman–Crippen LogP) is 3.47. The second-order valence-electron chi connectivity index (χ2n) is 13.6. The molecular weight excluding hydrogens is 558 g/mol. The third-order valence-corrected chi connectivity index (χ3v) is 9.95. The average Bonchev–Trinajstić information content (AvgIpc) is 3.39. The van der Waals surface area contributed by atoms with Crippen molar-refractivity contribution in [3.05, 3.63) is 89.7 Å². The Morgan fingerprint density at radius 3 is 2.18 bits per heavy atom. The van der Waals surface area contributed by atoms with Crippen LogP contribution in [0.2, 0.25) is 0 Å². The average molecular weight is 596 g/mol. The Bertz CT molecular complexity index is 1600. The molecule has 4 fully saturated rings. The number of carbonyl (C=O) groups is 4. The highest BCUT2D eigenvalue weighted by molar-refractivity contribution is 5.98. The first-order valence-corrected chi connectivity index (χ1v) is 15.3. The number of nitrogens with zero attached hydrogens (tertiary/aromatic N) is 5. The molecule has 0 radical (unpaired) electrons. The lowest BCUT2D eigenvalue weighted by molar-refractivity contribution is -0.154. The zero-order valence-corrected chi connectivity index (χ0v) is 25.1. The van der Waals surface area contributed by atoms with Gasteiger partial charge in [0.15, 0.2) is 0 Å². The number of likely N-dealkylation sites (tertiary alicyclic amines) is 2. The number of imide groups is 1. The summed E-state index contributed by atoms with van der Waals surface area (Å²) in [5.41, 5.74) is 1.89. The lowest BCUT2D eigenvalue weighted by atomic mass is 9.70. The Hall–Kier alpha value is -4.47. The van der Waals surface area contributed by atoms with Gasteiger partial charge in [0, 0.05) is 43.7 Å². The number of hydrogen-bond acceptors (Lipinski definition) is 6. The van der Waals surface area contributed by atoms with Gasteiger partial charge in [0.05, 0.1) is 30.3 Å². The summed E-state index contributed by atoms with van der Waals surface area (Å²) < 4.78 is 7.11. The fourth-order valence-corrected chi connectivity index (χ4v) is 7.21. The molecule has 228 valence electrons. The van der Waals surface area contributed by atoms with Crippen molar-refractivity contribution in [2.75, 3.05) is 32.8 Å². The van der Waals surface area contributed by atoms with Crippen molar-refractivity contribution in [3.8, 4) is 0 Å². The molecule has 0 N–H and O–H groups in total. The fraction of sp³-hybridized carbons (Fsp3) is 0.441. The summed E-state index contributed by atoms with van der Waals surface area (Å²) in [4.78, 5) is 59.0. The van der Waals surface area contributed by atoms with Crippen molar-refractivity contribution in [3.63, 3.8) is 0 Å². The van der Waals surface area contributed by atoms with Crippen LogP contribution in [0.1, 0.15) is 41.8 Å². The quantitative estimate of drug-likeness (QED) is 0.414. The standard InChI is InChI=1S/C34H37N5O5/c1-33(2)14-27(33)30(41)37-21-34(22-37)20-36(29(40)25-15-35-38(17-25)16-24-11-7-4-8-12-24)18-28(34)31(42)39-26(19-44-32(39)43)13-23-9-5-3-6-10-23/h3-12,15,17,26-28H,13-14,16,18-22H2,1-2H3/t26-,27+,28-/m0/s1. The number of amides is 4. The van der Waals surface area contributed by atoms with Gasteiger partial charge in [-0.1, -0.05) is 74.5 Å². The van der Waals surface area contributed by atoms with E-state index in [9.17, 15) is 19.2 Å². The normalized spacial score (nSPS) is 24.7. The minimum Gasteiger partial charge on any atom is -0.447 e. The number of hydrogen-bond donors (Lipinski definition) is 0. The van der Waals surface area contributed by atoms with Gasteiger partial charge in [0.25, 0.3) is 5.91 Å². The topological polar surface area (TPSA) is 105 Å². The summed E-state index contributed by atoms with van der Waals surface area (Å²) in [7, 11) is 0. The van der Waals surface area contributed by atoms with Gasteiger partial charge < -0.3 is 14.5 Å². The van der Waals surface area contributed by atoms with Crippen molar-refractivity contribution in [1.29, 1.82) is 0 Å². The maximum atomic E-state index is 14.3. The monoisotopic (exact) mass is 595 g/mol. The Kier molecular flexibility index (Phi) is 6.82. The highest BCUT2D eigenvalue weighted by atomic mass is 16.6. The van der Waals surface area contributed by atoms with Gasteiger partial charge in [-0.25, -0.2) is 9.69 Å². The summed E-state index contributed by atoms with van der Waals surface area (Å²) in [6, 6.07) is 19.2. The Morgan fingerprint density at radius 2 is 1.52 bits per heavy atom. The molecule has 1 aromatic heterocycles. The van der Waals surface area contributed by atoms with E-state index in [-0.39, 0.29) is 42.2 Å². The van der Waals surface area contributed by atoms with E-state index in [0.29, 0.717) is 38.2 Å². The van der Waals surface area contributed by atoms with Crippen molar-refractivity contribution in [2.24, 2.45) is 22.7 Å². The van der Waals surface area contributed by atoms with Crippen LogP contribution in [0.15, 0.2) is 73.1 Å². The van der Waals surface area contributed by atoms with Crippen molar-refractivity contribution < 1.29 is 23.9 Å². The lowest BCUT2D eigenvalue weighted by Crippen LogP contribution is -2.65. The Labute approximate surface area is 256 Å². The van der Waals surface area contributed by atoms with Crippen LogP contribution in [0.5, 0.6) is 0 Å². The van der Waals surface area contributed by atoms with E-state index in [2.05, 4.69) is 18.9 Å². The van der Waals surface area contributed by atoms with E-state index < -0.39 is 23.5 Å². The third kappa shape index (κ3) is 5.06. The van der Waals surface area contributed by atoms with E-state index in [1.54, 1.807) is 22.0 Å². The van der Waals surface area contributed by atoms with E-state index in [0.717, 1.165) is 17.5 Å². The maximum Gasteiger partial charge on any atom is 0.416 e. The van der Waals surface area contributed by atoms with Crippen LogP contribution in [-0.4, -0.2) is 87.1 Å². The highest BCUT2D eigenvalue weighted by Gasteiger charge is 2.63. The third-order valence-electron chi connectivity index (χ3n) is 9.95. The fourth-order valence-electron chi connectivity index (χ4n) is 7.21. The first-order chi connectivity index (χ1) is 21.1. The van der Waals surface area contributed by atoms with Crippen molar-refractivity contribution in [2.45, 2.75) is 39.3 Å². The second kappa shape index (κ2) is 10.6. The number of benzene rings is 2. The second-order valence-corrected chi connectivity index (χ2v) is 13.6. The van der Waals surface area contributed by atoms with E-state index in [1.165, 1.54) is 4.90 Å². The van der Waals surface area contributed by atoms with E-state index >= 15 is 0 Å². The molecule has 1 saturated carbocycles. The predicted molar refractivity (Wildman–Crippen MR) is 160 cm³/mol. The molecule has 4 heterocycles. The molecule has 1 spiro atoms. The molecule has 10 heteroatoms. The van der Waals surface area contributed by atoms with Crippen LogP contribution < -0.4 is 0 Å². The van der Waals surface area contributed by atoms with E-state index in [1.807, 2.05) is 65.6 Å². The minimum atomic E-state index is -0.648. The van der Waals surface area contributed by atoms with Crippen molar-refractivity contribution in [1.82, 2.24) is 24.5 Å². The molecule has 0 unspecified atom stereocenters. The van der Waals surface area contributed by atoms with Gasteiger partial charge in [0.2, 0.25) is 11.8 Å². The smallest absolute Gasteiger partial charge is 0.416 e. The molecule has 3 aliphatic heterocycles. The Balaban J connectivity index is 1.11. The summed E-state index contributed by atoms with van der Waals surface area (Å²) in [6.45, 7) is 6.12. The van der Waals surface area contributed by atoms with Gasteiger partial charge in [-0.3, -0.25) is 19.1 Å². The van der Waals surface area contributed by atoms with Gasteiger partial charge in [-0.15, -0.1) is 0 Å². The van der Waals surface area contributed by atoms with Gasteiger partial charge in [0.1, 0.15) is 6.61 Å². The molecule has 4 aliphatic rings. The SMILES string of the molecule is CC1(C)C[C@@H]1C(=O)N1CC2(CN(C(=O)c3cnn(Cc4ccccc4)c3)C[C@H]2C(=O)N2C(=O)OC[C@@H]2Cc2ccccc2)C1. The largest absolute Gasteiger partial charge is 0.447 e. The van der Waals surface area contributed by atoms with Crippen LogP contribution in [0.25, 0.3) is 0 Å². The summed E-state index contributed by atoms with van der Waals surface area (Å²) in [6.07, 6.45) is 3.99. The molecule has 2 aromatic carbocycles. The molecule has 7 rings (SSSR count). The van der Waals surface area contributed by atoms with Crippen LogP contribution in [0.4, 0.5) is 4.79 Å². The molecule has 1 aliphatic carbocycles. The van der Waals surface area contributed by atoms with Crippen LogP contribution in [0.3, 0.4) is 0 Å². The number of cyclic esters (lactones) is 1. The van der Waals surface area contributed by atoms with Gasteiger partial charge >= 0.3 is 6.09 Å². The number of carbonyl (C=O) groups excluding carboxylic acids is 4. The first kappa shape index (κ1) is 28.3. The Morgan fingerprint density at radius 1 is 0.886 bits per heavy atom. The summed E-state index contributed by atoms with van der Waals surface area (Å²) in [5, 5.41) is 4.41. The number of ether oxygens (including phenoxy) is 1.